The number of para-hydroxylation sites is 1. The summed E-state index contributed by atoms with van der Waals surface area (Å²) in [6, 6.07) is 7.06. The van der Waals surface area contributed by atoms with E-state index >= 15 is 0 Å². The van der Waals surface area contributed by atoms with Crippen molar-refractivity contribution in [1.29, 1.82) is 5.26 Å². The molecule has 6 nitrogen and oxygen atoms in total. The number of nitrogen functional groups attached to an aromatic ring is 2. The zero-order valence-corrected chi connectivity index (χ0v) is 8.25. The van der Waals surface area contributed by atoms with Crippen molar-refractivity contribution in [3.8, 4) is 17.5 Å². The summed E-state index contributed by atoms with van der Waals surface area (Å²) in [5.74, 6) is 0.480. The van der Waals surface area contributed by atoms with E-state index in [4.69, 9.17) is 16.7 Å². The number of nitrogens with zero attached hydrogens (tertiary/aromatic N) is 4. The molecule has 0 saturated heterocycles. The molecule has 0 bridgehead atoms. The summed E-state index contributed by atoms with van der Waals surface area (Å²) in [5, 5.41) is 8.84. The van der Waals surface area contributed by atoms with E-state index in [1.165, 1.54) is 6.33 Å². The molecule has 0 spiro atoms. The number of benzene rings is 1. The van der Waals surface area contributed by atoms with Crippen LogP contribution in [0.2, 0.25) is 0 Å². The second kappa shape index (κ2) is 3.82. The molecule has 0 aliphatic heterocycles. The van der Waals surface area contributed by atoms with E-state index in [-0.39, 0.29) is 5.95 Å². The Morgan fingerprint density at radius 1 is 1.19 bits per heavy atom. The SMILES string of the molecule is N#Cc1cccc(-c2ncnc(N)n2)c1N. The second-order valence-electron chi connectivity index (χ2n) is 3.05. The summed E-state index contributed by atoms with van der Waals surface area (Å²) in [6.45, 7) is 0. The van der Waals surface area contributed by atoms with Crippen LogP contribution in [0.25, 0.3) is 11.4 Å². The van der Waals surface area contributed by atoms with Gasteiger partial charge >= 0.3 is 0 Å². The van der Waals surface area contributed by atoms with Gasteiger partial charge in [0.2, 0.25) is 5.95 Å². The zero-order valence-electron chi connectivity index (χ0n) is 8.25. The van der Waals surface area contributed by atoms with E-state index in [0.29, 0.717) is 22.6 Å². The molecule has 0 saturated carbocycles. The molecule has 0 aliphatic rings. The van der Waals surface area contributed by atoms with Gasteiger partial charge in [0.25, 0.3) is 0 Å². The van der Waals surface area contributed by atoms with E-state index in [1.807, 2.05) is 6.07 Å². The predicted octanol–water partition coefficient (Wildman–Crippen LogP) is 0.575. The number of nitrogens with two attached hydrogens (primary N) is 2. The molecule has 16 heavy (non-hydrogen) atoms. The first-order valence-electron chi connectivity index (χ1n) is 4.46. The maximum atomic E-state index is 8.84. The van der Waals surface area contributed by atoms with Crippen LogP contribution in [-0.2, 0) is 0 Å². The average molecular weight is 212 g/mol. The Bertz CT molecular complexity index is 572. The van der Waals surface area contributed by atoms with Crippen molar-refractivity contribution in [3.05, 3.63) is 30.1 Å². The van der Waals surface area contributed by atoms with Crippen LogP contribution in [0.5, 0.6) is 0 Å². The molecule has 78 valence electrons. The Hall–Kier alpha value is -2.68. The molecule has 0 fully saturated rings. The van der Waals surface area contributed by atoms with Crippen LogP contribution < -0.4 is 11.5 Å². The van der Waals surface area contributed by atoms with Crippen LogP contribution >= 0.6 is 0 Å². The number of nitriles is 1. The standard InChI is InChI=1S/C10H8N6/c11-4-6-2-1-3-7(8(6)12)9-14-5-15-10(13)16-9/h1-3,5H,12H2,(H2,13,14,15,16). The smallest absolute Gasteiger partial charge is 0.223 e. The molecule has 2 rings (SSSR count). The van der Waals surface area contributed by atoms with Gasteiger partial charge in [-0.2, -0.15) is 10.2 Å². The highest BCUT2D eigenvalue weighted by molar-refractivity contribution is 5.76. The Kier molecular flexibility index (Phi) is 2.36. The topological polar surface area (TPSA) is 114 Å². The van der Waals surface area contributed by atoms with E-state index < -0.39 is 0 Å². The number of rotatable bonds is 1. The first-order valence-corrected chi connectivity index (χ1v) is 4.46. The fourth-order valence-electron chi connectivity index (χ4n) is 1.30. The Balaban J connectivity index is 2.62. The molecular formula is C10H8N6. The average Bonchev–Trinajstić information content (AvgIpc) is 2.29. The zero-order chi connectivity index (χ0) is 11.5. The third-order valence-electron chi connectivity index (χ3n) is 2.06. The lowest BCUT2D eigenvalue weighted by Gasteiger charge is -2.05. The third kappa shape index (κ3) is 1.62. The summed E-state index contributed by atoms with van der Waals surface area (Å²) in [4.78, 5) is 11.6. The molecule has 0 unspecified atom stereocenters. The Labute approximate surface area is 91.6 Å². The van der Waals surface area contributed by atoms with Crippen LogP contribution in [0, 0.1) is 11.3 Å². The lowest BCUT2D eigenvalue weighted by molar-refractivity contribution is 1.07. The van der Waals surface area contributed by atoms with Crippen LogP contribution in [0.4, 0.5) is 11.6 Å². The van der Waals surface area contributed by atoms with Crippen molar-refractivity contribution in [2.45, 2.75) is 0 Å². The van der Waals surface area contributed by atoms with Crippen molar-refractivity contribution in [2.24, 2.45) is 0 Å². The Morgan fingerprint density at radius 2 is 2.00 bits per heavy atom. The molecule has 4 N–H and O–H groups in total. The molecule has 1 aromatic carbocycles. The van der Waals surface area contributed by atoms with Crippen molar-refractivity contribution >= 4 is 11.6 Å². The van der Waals surface area contributed by atoms with E-state index in [0.717, 1.165) is 0 Å². The molecule has 0 atom stereocenters. The molecule has 2 aromatic rings. The van der Waals surface area contributed by atoms with Crippen LogP contribution in [0.15, 0.2) is 24.5 Å². The van der Waals surface area contributed by atoms with Crippen molar-refractivity contribution < 1.29 is 0 Å². The monoisotopic (exact) mass is 212 g/mol. The van der Waals surface area contributed by atoms with Gasteiger partial charge in [0.1, 0.15) is 12.4 Å². The third-order valence-corrected chi connectivity index (χ3v) is 2.06. The van der Waals surface area contributed by atoms with E-state index in [9.17, 15) is 0 Å². The number of anilines is 2. The largest absolute Gasteiger partial charge is 0.397 e. The molecule has 1 heterocycles. The van der Waals surface area contributed by atoms with Gasteiger partial charge in [-0.1, -0.05) is 6.07 Å². The van der Waals surface area contributed by atoms with Gasteiger partial charge in [0, 0.05) is 5.56 Å². The minimum Gasteiger partial charge on any atom is -0.397 e. The maximum absolute atomic E-state index is 8.84. The first kappa shape index (κ1) is 9.86. The van der Waals surface area contributed by atoms with Crippen LogP contribution in [0.3, 0.4) is 0 Å². The van der Waals surface area contributed by atoms with Gasteiger partial charge < -0.3 is 11.5 Å². The predicted molar refractivity (Wildman–Crippen MR) is 58.8 cm³/mol. The number of aromatic nitrogens is 3. The quantitative estimate of drug-likeness (QED) is 0.668. The van der Waals surface area contributed by atoms with Gasteiger partial charge in [-0.25, -0.2) is 9.97 Å². The molecule has 0 radical (unpaired) electrons. The minimum absolute atomic E-state index is 0.117. The lowest BCUT2D eigenvalue weighted by Crippen LogP contribution is -2.01. The molecule has 0 amide bonds. The highest BCUT2D eigenvalue weighted by Gasteiger charge is 2.09. The molecule has 6 heteroatoms. The summed E-state index contributed by atoms with van der Waals surface area (Å²) in [5.41, 5.74) is 12.6. The summed E-state index contributed by atoms with van der Waals surface area (Å²) in [6.07, 6.45) is 1.30. The van der Waals surface area contributed by atoms with Gasteiger partial charge in [0.15, 0.2) is 5.82 Å². The van der Waals surface area contributed by atoms with Crippen LogP contribution in [0.1, 0.15) is 5.56 Å². The van der Waals surface area contributed by atoms with Crippen molar-refractivity contribution in [3.63, 3.8) is 0 Å². The Morgan fingerprint density at radius 3 is 2.69 bits per heavy atom. The van der Waals surface area contributed by atoms with E-state index in [2.05, 4.69) is 15.0 Å². The molecule has 0 aliphatic carbocycles. The first-order chi connectivity index (χ1) is 7.72. The second-order valence-corrected chi connectivity index (χ2v) is 3.05. The minimum atomic E-state index is 0.117. The molecule has 1 aromatic heterocycles. The van der Waals surface area contributed by atoms with Gasteiger partial charge in [-0.3, -0.25) is 0 Å². The van der Waals surface area contributed by atoms with Crippen LogP contribution in [-0.4, -0.2) is 15.0 Å². The van der Waals surface area contributed by atoms with Crippen molar-refractivity contribution in [1.82, 2.24) is 15.0 Å². The number of hydrogen-bond acceptors (Lipinski definition) is 6. The highest BCUT2D eigenvalue weighted by Crippen LogP contribution is 2.25. The lowest BCUT2D eigenvalue weighted by atomic mass is 10.1. The maximum Gasteiger partial charge on any atom is 0.223 e. The highest BCUT2D eigenvalue weighted by atomic mass is 15.1. The fraction of sp³-hybridized carbons (Fsp3) is 0. The van der Waals surface area contributed by atoms with Gasteiger partial charge in [-0.05, 0) is 12.1 Å². The van der Waals surface area contributed by atoms with Gasteiger partial charge in [-0.15, -0.1) is 0 Å². The normalized spacial score (nSPS) is 9.69. The number of hydrogen-bond donors (Lipinski definition) is 2. The van der Waals surface area contributed by atoms with Crippen molar-refractivity contribution in [2.75, 3.05) is 11.5 Å². The molecular weight excluding hydrogens is 204 g/mol. The summed E-state index contributed by atoms with van der Waals surface area (Å²) in [7, 11) is 0. The fourth-order valence-corrected chi connectivity index (χ4v) is 1.30. The summed E-state index contributed by atoms with van der Waals surface area (Å²) < 4.78 is 0. The van der Waals surface area contributed by atoms with E-state index in [1.54, 1.807) is 18.2 Å². The summed E-state index contributed by atoms with van der Waals surface area (Å²) >= 11 is 0. The van der Waals surface area contributed by atoms with Gasteiger partial charge in [0.05, 0.1) is 11.3 Å².